The summed E-state index contributed by atoms with van der Waals surface area (Å²) in [5, 5.41) is 18.4. The molecule has 2 N–H and O–H groups in total. The van der Waals surface area contributed by atoms with Crippen molar-refractivity contribution in [1.29, 1.82) is 0 Å². The van der Waals surface area contributed by atoms with Crippen molar-refractivity contribution in [3.63, 3.8) is 0 Å². The Labute approximate surface area is 157 Å². The van der Waals surface area contributed by atoms with E-state index in [0.717, 1.165) is 39.5 Å². The van der Waals surface area contributed by atoms with Gasteiger partial charge in [-0.1, -0.05) is 30.3 Å². The summed E-state index contributed by atoms with van der Waals surface area (Å²) in [7, 11) is 0. The zero-order chi connectivity index (χ0) is 18.8. The monoisotopic (exact) mass is 359 g/mol. The van der Waals surface area contributed by atoms with Crippen LogP contribution in [0.5, 0.6) is 0 Å². The van der Waals surface area contributed by atoms with Crippen molar-refractivity contribution in [2.24, 2.45) is 0 Å². The third kappa shape index (κ3) is 3.39. The fraction of sp³-hybridized carbons (Fsp3) is 0.190. The van der Waals surface area contributed by atoms with Gasteiger partial charge in [-0.3, -0.25) is 4.98 Å². The number of hydrogen-bond acceptors (Lipinski definition) is 5. The minimum atomic E-state index is -0.644. The highest BCUT2D eigenvalue weighted by molar-refractivity contribution is 5.68. The van der Waals surface area contributed by atoms with E-state index >= 15 is 0 Å². The summed E-state index contributed by atoms with van der Waals surface area (Å²) in [6.07, 6.45) is 2.71. The fourth-order valence-corrected chi connectivity index (χ4v) is 3.02. The van der Waals surface area contributed by atoms with Crippen LogP contribution in [0.25, 0.3) is 16.9 Å². The van der Waals surface area contributed by atoms with Crippen LogP contribution in [0.2, 0.25) is 0 Å². The van der Waals surface area contributed by atoms with Gasteiger partial charge in [-0.15, -0.1) is 0 Å². The van der Waals surface area contributed by atoms with Crippen molar-refractivity contribution < 1.29 is 5.11 Å². The highest BCUT2D eigenvalue weighted by Crippen LogP contribution is 2.25. The average molecular weight is 359 g/mol. The highest BCUT2D eigenvalue weighted by atomic mass is 16.3. The molecule has 0 fully saturated rings. The normalized spacial score (nSPS) is 12.3. The van der Waals surface area contributed by atoms with E-state index in [2.05, 4.69) is 15.4 Å². The van der Waals surface area contributed by atoms with Crippen LogP contribution in [-0.4, -0.2) is 31.2 Å². The van der Waals surface area contributed by atoms with E-state index in [-0.39, 0.29) is 0 Å². The Morgan fingerprint density at radius 1 is 1.07 bits per heavy atom. The topological polar surface area (TPSA) is 75.3 Å². The number of aryl methyl sites for hydroxylation is 2. The molecule has 0 unspecified atom stereocenters. The smallest absolute Gasteiger partial charge is 0.161 e. The maximum absolute atomic E-state index is 10.5. The molecule has 0 radical (unpaired) electrons. The lowest BCUT2D eigenvalue weighted by Crippen LogP contribution is -2.15. The summed E-state index contributed by atoms with van der Waals surface area (Å²) in [5.41, 5.74) is 5.52. The van der Waals surface area contributed by atoms with Crippen molar-refractivity contribution >= 4 is 11.5 Å². The van der Waals surface area contributed by atoms with Gasteiger partial charge in [0.15, 0.2) is 5.65 Å². The van der Waals surface area contributed by atoms with Gasteiger partial charge in [0.25, 0.3) is 0 Å². The van der Waals surface area contributed by atoms with Gasteiger partial charge >= 0.3 is 0 Å². The van der Waals surface area contributed by atoms with Crippen molar-refractivity contribution in [1.82, 2.24) is 19.6 Å². The van der Waals surface area contributed by atoms with E-state index < -0.39 is 6.10 Å². The summed E-state index contributed by atoms with van der Waals surface area (Å²) in [6.45, 7) is 4.35. The van der Waals surface area contributed by atoms with Gasteiger partial charge in [-0.05, 0) is 31.5 Å². The van der Waals surface area contributed by atoms with Gasteiger partial charge in [-0.25, -0.2) is 4.98 Å². The van der Waals surface area contributed by atoms with Crippen LogP contribution in [0.1, 0.15) is 22.9 Å². The molecule has 0 saturated heterocycles. The van der Waals surface area contributed by atoms with E-state index in [1.54, 1.807) is 16.9 Å². The Morgan fingerprint density at radius 2 is 1.81 bits per heavy atom. The molecule has 4 aromatic rings. The molecule has 6 heteroatoms. The second kappa shape index (κ2) is 7.17. The number of nitrogens with zero attached hydrogens (tertiary/aromatic N) is 4. The minimum absolute atomic E-state index is 0.356. The van der Waals surface area contributed by atoms with Gasteiger partial charge in [0.05, 0.1) is 17.5 Å². The minimum Gasteiger partial charge on any atom is -0.387 e. The predicted octanol–water partition coefficient (Wildman–Crippen LogP) is 3.55. The van der Waals surface area contributed by atoms with Crippen LogP contribution in [0.4, 0.5) is 5.82 Å². The van der Waals surface area contributed by atoms with Crippen LogP contribution >= 0.6 is 0 Å². The van der Waals surface area contributed by atoms with E-state index in [1.807, 2.05) is 62.4 Å². The number of aliphatic hydroxyl groups excluding tert-OH is 1. The van der Waals surface area contributed by atoms with Crippen LogP contribution in [0.3, 0.4) is 0 Å². The Bertz CT molecular complexity index is 1060. The molecular formula is C21H21N5O. The van der Waals surface area contributed by atoms with Gasteiger partial charge in [0, 0.05) is 36.1 Å². The molecule has 6 nitrogen and oxygen atoms in total. The largest absolute Gasteiger partial charge is 0.387 e. The molecule has 136 valence electrons. The molecule has 4 rings (SSSR count). The second-order valence-corrected chi connectivity index (χ2v) is 6.52. The van der Waals surface area contributed by atoms with E-state index in [4.69, 9.17) is 4.98 Å². The lowest BCUT2D eigenvalue weighted by Gasteiger charge is -2.15. The number of nitrogens with one attached hydrogen (secondary N) is 1. The van der Waals surface area contributed by atoms with Crippen molar-refractivity contribution in [2.45, 2.75) is 20.0 Å². The highest BCUT2D eigenvalue weighted by Gasteiger charge is 2.14. The Morgan fingerprint density at radius 3 is 2.56 bits per heavy atom. The first kappa shape index (κ1) is 17.2. The lowest BCUT2D eigenvalue weighted by molar-refractivity contribution is 0.191. The quantitative estimate of drug-likeness (QED) is 0.570. The molecule has 3 aromatic heterocycles. The number of hydrogen-bond donors (Lipinski definition) is 2. The summed E-state index contributed by atoms with van der Waals surface area (Å²) in [6, 6.07) is 15.6. The van der Waals surface area contributed by atoms with Gasteiger partial charge < -0.3 is 10.4 Å². The fourth-order valence-electron chi connectivity index (χ4n) is 3.02. The number of fused-ring (bicyclic) bond motifs is 1. The number of rotatable bonds is 5. The molecule has 1 atom stereocenters. The van der Waals surface area contributed by atoms with Crippen molar-refractivity contribution in [3.05, 3.63) is 77.7 Å². The summed E-state index contributed by atoms with van der Waals surface area (Å²) in [5.74, 6) is 0.795. The van der Waals surface area contributed by atoms with Gasteiger partial charge in [0.1, 0.15) is 5.82 Å². The van der Waals surface area contributed by atoms with Crippen LogP contribution in [0.15, 0.2) is 60.9 Å². The van der Waals surface area contributed by atoms with Crippen molar-refractivity contribution in [2.75, 3.05) is 11.9 Å². The SMILES string of the molecule is Cc1nn2c(NC[C@H](O)c3ccncc3)cc(-c3ccccc3)nc2c1C. The molecule has 3 heterocycles. The molecule has 0 saturated carbocycles. The average Bonchev–Trinajstić information content (AvgIpc) is 3.01. The Balaban J connectivity index is 1.71. The first-order valence-corrected chi connectivity index (χ1v) is 8.88. The number of anilines is 1. The maximum atomic E-state index is 10.5. The first-order valence-electron chi connectivity index (χ1n) is 8.88. The number of aliphatic hydroxyl groups is 1. The second-order valence-electron chi connectivity index (χ2n) is 6.52. The number of aromatic nitrogens is 4. The molecule has 0 spiro atoms. The van der Waals surface area contributed by atoms with E-state index in [9.17, 15) is 5.11 Å². The maximum Gasteiger partial charge on any atom is 0.161 e. The Hall–Kier alpha value is -3.25. The Kier molecular flexibility index (Phi) is 4.56. The predicted molar refractivity (Wildman–Crippen MR) is 106 cm³/mol. The molecular weight excluding hydrogens is 338 g/mol. The van der Waals surface area contributed by atoms with Crippen molar-refractivity contribution in [3.8, 4) is 11.3 Å². The first-order chi connectivity index (χ1) is 13.1. The molecule has 0 bridgehead atoms. The molecule has 27 heavy (non-hydrogen) atoms. The number of benzene rings is 1. The van der Waals surface area contributed by atoms with E-state index in [0.29, 0.717) is 6.54 Å². The zero-order valence-electron chi connectivity index (χ0n) is 15.3. The number of pyridine rings is 1. The zero-order valence-corrected chi connectivity index (χ0v) is 15.3. The van der Waals surface area contributed by atoms with Crippen LogP contribution in [0, 0.1) is 13.8 Å². The van der Waals surface area contributed by atoms with Gasteiger partial charge in [-0.2, -0.15) is 9.61 Å². The third-order valence-electron chi connectivity index (χ3n) is 4.69. The third-order valence-corrected chi connectivity index (χ3v) is 4.69. The van der Waals surface area contributed by atoms with Crippen LogP contribution < -0.4 is 5.32 Å². The molecule has 0 amide bonds. The molecule has 1 aromatic carbocycles. The lowest BCUT2D eigenvalue weighted by atomic mass is 10.1. The standard InChI is InChI=1S/C21H21N5O/c1-14-15(2)25-26-20(23-13-19(27)17-8-10-22-11-9-17)12-18(24-21(14)26)16-6-4-3-5-7-16/h3-12,19,23,27H,13H2,1-2H3/t19-/m0/s1. The molecule has 0 aliphatic heterocycles. The van der Waals surface area contributed by atoms with Gasteiger partial charge in [0.2, 0.25) is 0 Å². The van der Waals surface area contributed by atoms with Crippen LogP contribution in [-0.2, 0) is 0 Å². The summed E-state index contributed by atoms with van der Waals surface area (Å²) in [4.78, 5) is 8.79. The summed E-state index contributed by atoms with van der Waals surface area (Å²) < 4.78 is 1.80. The van der Waals surface area contributed by atoms with E-state index in [1.165, 1.54) is 0 Å². The molecule has 0 aliphatic carbocycles. The molecule has 0 aliphatic rings. The summed E-state index contributed by atoms with van der Waals surface area (Å²) >= 11 is 0.